The van der Waals surface area contributed by atoms with Crippen LogP contribution >= 0.6 is 11.6 Å². The van der Waals surface area contributed by atoms with Gasteiger partial charge < -0.3 is 5.11 Å². The molecule has 0 heterocycles. The van der Waals surface area contributed by atoms with Crippen molar-refractivity contribution in [1.82, 2.24) is 0 Å². The van der Waals surface area contributed by atoms with Crippen molar-refractivity contribution in [2.75, 3.05) is 0 Å². The molecular formula is C13H17ClO. The molecule has 2 heteroatoms. The average molecular weight is 225 g/mol. The van der Waals surface area contributed by atoms with Gasteiger partial charge in [0.2, 0.25) is 0 Å². The van der Waals surface area contributed by atoms with Crippen LogP contribution < -0.4 is 0 Å². The van der Waals surface area contributed by atoms with E-state index in [4.69, 9.17) is 11.6 Å². The predicted molar refractivity (Wildman–Crippen MR) is 63.4 cm³/mol. The Morgan fingerprint density at radius 1 is 1.20 bits per heavy atom. The lowest BCUT2D eigenvalue weighted by atomic mass is 9.89. The van der Waals surface area contributed by atoms with Crippen molar-refractivity contribution in [3.8, 4) is 0 Å². The topological polar surface area (TPSA) is 20.2 Å². The van der Waals surface area contributed by atoms with Crippen LogP contribution in [-0.4, -0.2) is 10.5 Å². The van der Waals surface area contributed by atoms with E-state index in [-0.39, 0.29) is 5.38 Å². The minimum Gasteiger partial charge on any atom is -0.387 e. The van der Waals surface area contributed by atoms with Crippen LogP contribution in [0.3, 0.4) is 0 Å². The third kappa shape index (κ3) is 2.35. The maximum Gasteiger partial charge on any atom is 0.0950 e. The second-order valence-electron chi connectivity index (χ2n) is 4.36. The van der Waals surface area contributed by atoms with Crippen molar-refractivity contribution >= 4 is 11.6 Å². The first-order valence-corrected chi connectivity index (χ1v) is 6.06. The summed E-state index contributed by atoms with van der Waals surface area (Å²) >= 11 is 5.90. The lowest BCUT2D eigenvalue weighted by molar-refractivity contribution is 0.177. The predicted octanol–water partition coefficient (Wildman–Crippen LogP) is 3.23. The van der Waals surface area contributed by atoms with Crippen molar-refractivity contribution in [1.29, 1.82) is 0 Å². The SMILES string of the molecule is CC(Cl)C(O)c1ccc2c(c1)CCCC2. The van der Waals surface area contributed by atoms with Crippen molar-refractivity contribution in [3.63, 3.8) is 0 Å². The van der Waals surface area contributed by atoms with Crippen LogP contribution in [-0.2, 0) is 12.8 Å². The van der Waals surface area contributed by atoms with E-state index in [0.717, 1.165) is 12.0 Å². The standard InChI is InChI=1S/C13H17ClO/c1-9(14)13(15)12-7-6-10-4-2-3-5-11(10)8-12/h6-9,13,15H,2-5H2,1H3. The molecule has 0 saturated carbocycles. The van der Waals surface area contributed by atoms with E-state index < -0.39 is 6.10 Å². The highest BCUT2D eigenvalue weighted by molar-refractivity contribution is 6.20. The first kappa shape index (κ1) is 11.0. The van der Waals surface area contributed by atoms with Gasteiger partial charge in [-0.3, -0.25) is 0 Å². The van der Waals surface area contributed by atoms with Crippen molar-refractivity contribution in [2.24, 2.45) is 0 Å². The molecule has 0 bridgehead atoms. The number of benzene rings is 1. The third-order valence-electron chi connectivity index (χ3n) is 3.15. The van der Waals surface area contributed by atoms with Gasteiger partial charge in [0, 0.05) is 0 Å². The summed E-state index contributed by atoms with van der Waals surface area (Å²) in [5, 5.41) is 9.64. The second-order valence-corrected chi connectivity index (χ2v) is 5.05. The van der Waals surface area contributed by atoms with Gasteiger partial charge in [0.05, 0.1) is 11.5 Å². The maximum atomic E-state index is 9.87. The van der Waals surface area contributed by atoms with Crippen LogP contribution in [0.4, 0.5) is 0 Å². The number of hydrogen-bond acceptors (Lipinski definition) is 1. The fourth-order valence-corrected chi connectivity index (χ4v) is 2.35. The number of halogens is 1. The van der Waals surface area contributed by atoms with E-state index in [2.05, 4.69) is 12.1 Å². The Bertz CT molecular complexity index is 346. The van der Waals surface area contributed by atoms with Gasteiger partial charge in [-0.2, -0.15) is 0 Å². The fraction of sp³-hybridized carbons (Fsp3) is 0.538. The highest BCUT2D eigenvalue weighted by Gasteiger charge is 2.16. The van der Waals surface area contributed by atoms with E-state index in [1.807, 2.05) is 13.0 Å². The zero-order chi connectivity index (χ0) is 10.8. The van der Waals surface area contributed by atoms with E-state index in [1.165, 1.54) is 30.4 Å². The Kier molecular flexibility index (Phi) is 3.32. The molecule has 1 aliphatic rings. The molecule has 0 aromatic heterocycles. The molecule has 1 aliphatic carbocycles. The Morgan fingerprint density at radius 2 is 1.87 bits per heavy atom. The van der Waals surface area contributed by atoms with E-state index in [1.54, 1.807) is 0 Å². The zero-order valence-electron chi connectivity index (χ0n) is 9.04. The molecule has 2 rings (SSSR count). The summed E-state index contributed by atoms with van der Waals surface area (Å²) < 4.78 is 0. The van der Waals surface area contributed by atoms with Gasteiger partial charge in [-0.1, -0.05) is 18.2 Å². The van der Waals surface area contributed by atoms with Crippen LogP contribution in [0.15, 0.2) is 18.2 Å². The van der Waals surface area contributed by atoms with Gasteiger partial charge in [0.15, 0.2) is 0 Å². The smallest absolute Gasteiger partial charge is 0.0950 e. The van der Waals surface area contributed by atoms with E-state index in [9.17, 15) is 5.11 Å². The Hall–Kier alpha value is -0.530. The van der Waals surface area contributed by atoms with Gasteiger partial charge in [-0.15, -0.1) is 11.6 Å². The van der Waals surface area contributed by atoms with E-state index in [0.29, 0.717) is 0 Å². The summed E-state index contributed by atoms with van der Waals surface area (Å²) in [4.78, 5) is 0. The second kappa shape index (κ2) is 4.54. The van der Waals surface area contributed by atoms with Crippen molar-refractivity contribution < 1.29 is 5.11 Å². The lowest BCUT2D eigenvalue weighted by Crippen LogP contribution is -2.10. The molecule has 0 fully saturated rings. The fourth-order valence-electron chi connectivity index (χ4n) is 2.20. The van der Waals surface area contributed by atoms with Crippen molar-refractivity contribution in [2.45, 2.75) is 44.1 Å². The molecule has 1 aromatic carbocycles. The number of aryl methyl sites for hydroxylation is 2. The van der Waals surface area contributed by atoms with Gasteiger partial charge >= 0.3 is 0 Å². The molecule has 0 saturated heterocycles. The average Bonchev–Trinajstić information content (AvgIpc) is 2.27. The lowest BCUT2D eigenvalue weighted by Gasteiger charge is -2.19. The molecule has 1 nitrogen and oxygen atoms in total. The van der Waals surface area contributed by atoms with Crippen LogP contribution in [0.2, 0.25) is 0 Å². The van der Waals surface area contributed by atoms with E-state index >= 15 is 0 Å². The number of fused-ring (bicyclic) bond motifs is 1. The monoisotopic (exact) mass is 224 g/mol. The largest absolute Gasteiger partial charge is 0.387 e. The molecule has 2 unspecified atom stereocenters. The summed E-state index contributed by atoms with van der Waals surface area (Å²) in [5.74, 6) is 0. The molecule has 1 aromatic rings. The Morgan fingerprint density at radius 3 is 2.53 bits per heavy atom. The molecule has 0 radical (unpaired) electrons. The molecular weight excluding hydrogens is 208 g/mol. The highest BCUT2D eigenvalue weighted by Crippen LogP contribution is 2.27. The molecule has 0 amide bonds. The quantitative estimate of drug-likeness (QED) is 0.765. The summed E-state index contributed by atoms with van der Waals surface area (Å²) in [6.07, 6.45) is 4.34. The summed E-state index contributed by atoms with van der Waals surface area (Å²) in [6, 6.07) is 6.28. The molecule has 1 N–H and O–H groups in total. The van der Waals surface area contributed by atoms with Crippen LogP contribution in [0.25, 0.3) is 0 Å². The van der Waals surface area contributed by atoms with Gasteiger partial charge in [0.25, 0.3) is 0 Å². The Balaban J connectivity index is 2.27. The summed E-state index contributed by atoms with van der Waals surface area (Å²) in [6.45, 7) is 1.83. The van der Waals surface area contributed by atoms with Crippen LogP contribution in [0.5, 0.6) is 0 Å². The molecule has 0 spiro atoms. The molecule has 2 atom stereocenters. The number of hydrogen-bond donors (Lipinski definition) is 1. The van der Waals surface area contributed by atoms with Crippen LogP contribution in [0, 0.1) is 0 Å². The number of alkyl halides is 1. The normalized spacial score (nSPS) is 19.4. The van der Waals surface area contributed by atoms with Crippen molar-refractivity contribution in [3.05, 3.63) is 34.9 Å². The first-order valence-electron chi connectivity index (χ1n) is 5.62. The molecule has 82 valence electrons. The number of aliphatic hydroxyl groups is 1. The maximum absolute atomic E-state index is 9.87. The van der Waals surface area contributed by atoms with Crippen LogP contribution in [0.1, 0.15) is 42.6 Å². The zero-order valence-corrected chi connectivity index (χ0v) is 9.80. The summed E-state index contributed by atoms with van der Waals surface area (Å²) in [7, 11) is 0. The third-order valence-corrected chi connectivity index (χ3v) is 3.39. The number of aliphatic hydroxyl groups excluding tert-OH is 1. The number of rotatable bonds is 2. The summed E-state index contributed by atoms with van der Waals surface area (Å²) in [5.41, 5.74) is 3.80. The van der Waals surface area contributed by atoms with Gasteiger partial charge in [-0.05, 0) is 49.3 Å². The molecule has 0 aliphatic heterocycles. The first-order chi connectivity index (χ1) is 7.18. The minimum atomic E-state index is -0.543. The molecule has 15 heavy (non-hydrogen) atoms. The minimum absolute atomic E-state index is 0.230. The van der Waals surface area contributed by atoms with Gasteiger partial charge in [-0.25, -0.2) is 0 Å². The Labute approximate surface area is 96.1 Å². The highest BCUT2D eigenvalue weighted by atomic mass is 35.5. The van der Waals surface area contributed by atoms with Gasteiger partial charge in [0.1, 0.15) is 0 Å².